The van der Waals surface area contributed by atoms with Crippen LogP contribution in [0, 0.1) is 6.92 Å². The van der Waals surface area contributed by atoms with Gasteiger partial charge >= 0.3 is 0 Å². The number of rotatable bonds is 3. The molecule has 0 aromatic carbocycles. The summed E-state index contributed by atoms with van der Waals surface area (Å²) >= 11 is 1.66. The third-order valence-electron chi connectivity index (χ3n) is 2.23. The fraction of sp³-hybridized carbons (Fsp3) is 0.273. The van der Waals surface area contributed by atoms with E-state index < -0.39 is 0 Å². The third-order valence-corrected chi connectivity index (χ3v) is 3.19. The summed E-state index contributed by atoms with van der Waals surface area (Å²) in [5.41, 5.74) is 2.27. The highest BCUT2D eigenvalue weighted by molar-refractivity contribution is 7.09. The Morgan fingerprint density at radius 3 is 2.93 bits per heavy atom. The molecule has 0 spiro atoms. The molecule has 0 aliphatic heterocycles. The first-order valence-corrected chi connectivity index (χ1v) is 5.72. The lowest BCUT2D eigenvalue weighted by Crippen LogP contribution is -2.07. The second-order valence-corrected chi connectivity index (χ2v) is 4.35. The van der Waals surface area contributed by atoms with Crippen LogP contribution in [0.5, 0.6) is 0 Å². The Morgan fingerprint density at radius 1 is 1.40 bits per heavy atom. The van der Waals surface area contributed by atoms with Gasteiger partial charge in [0.15, 0.2) is 0 Å². The van der Waals surface area contributed by atoms with Crippen LogP contribution in [-0.4, -0.2) is 9.97 Å². The molecule has 0 bridgehead atoms. The van der Waals surface area contributed by atoms with E-state index >= 15 is 0 Å². The molecule has 15 heavy (non-hydrogen) atoms. The largest absolute Gasteiger partial charge is 0.375 e. The molecule has 2 aromatic heterocycles. The van der Waals surface area contributed by atoms with E-state index in [-0.39, 0.29) is 6.04 Å². The average molecular weight is 219 g/mol. The summed E-state index contributed by atoms with van der Waals surface area (Å²) in [6, 6.07) is 2.23. The van der Waals surface area contributed by atoms with Gasteiger partial charge in [-0.1, -0.05) is 0 Å². The summed E-state index contributed by atoms with van der Waals surface area (Å²) in [6.07, 6.45) is 5.47. The number of pyridine rings is 1. The standard InChI is InChI=1S/C11H13N3S/c1-8-3-4-12-7-10(8)14-9(2)11-13-5-6-15-11/h3-7,9,14H,1-2H3/t9-/m1/s1. The molecule has 0 radical (unpaired) electrons. The van der Waals surface area contributed by atoms with Gasteiger partial charge in [0.1, 0.15) is 5.01 Å². The molecule has 1 atom stereocenters. The van der Waals surface area contributed by atoms with Crippen molar-refractivity contribution in [3.63, 3.8) is 0 Å². The normalized spacial score (nSPS) is 12.4. The van der Waals surface area contributed by atoms with Crippen LogP contribution >= 0.6 is 11.3 Å². The van der Waals surface area contributed by atoms with E-state index in [1.807, 2.05) is 23.8 Å². The van der Waals surface area contributed by atoms with Gasteiger partial charge in [-0.3, -0.25) is 4.98 Å². The minimum atomic E-state index is 0.230. The molecule has 0 fully saturated rings. The zero-order valence-electron chi connectivity index (χ0n) is 8.77. The van der Waals surface area contributed by atoms with Gasteiger partial charge in [-0.15, -0.1) is 11.3 Å². The summed E-state index contributed by atoms with van der Waals surface area (Å²) in [6.45, 7) is 4.17. The minimum Gasteiger partial charge on any atom is -0.375 e. The molecule has 0 aliphatic rings. The first kappa shape index (κ1) is 10.1. The van der Waals surface area contributed by atoms with Crippen molar-refractivity contribution in [2.45, 2.75) is 19.9 Å². The smallest absolute Gasteiger partial charge is 0.115 e. The van der Waals surface area contributed by atoms with E-state index in [1.54, 1.807) is 17.5 Å². The Morgan fingerprint density at radius 2 is 2.27 bits per heavy atom. The van der Waals surface area contributed by atoms with Crippen LogP contribution in [0.25, 0.3) is 0 Å². The second kappa shape index (κ2) is 4.40. The van der Waals surface area contributed by atoms with Gasteiger partial charge in [0.25, 0.3) is 0 Å². The fourth-order valence-electron chi connectivity index (χ4n) is 1.36. The van der Waals surface area contributed by atoms with Crippen molar-refractivity contribution < 1.29 is 0 Å². The Balaban J connectivity index is 2.13. The predicted octanol–water partition coefficient (Wildman–Crippen LogP) is 3.02. The van der Waals surface area contributed by atoms with Crippen molar-refractivity contribution in [2.75, 3.05) is 5.32 Å². The first-order valence-electron chi connectivity index (χ1n) is 4.84. The number of aromatic nitrogens is 2. The fourth-order valence-corrected chi connectivity index (χ4v) is 2.00. The molecule has 2 heterocycles. The average Bonchev–Trinajstić information content (AvgIpc) is 2.74. The van der Waals surface area contributed by atoms with Gasteiger partial charge in [0, 0.05) is 17.8 Å². The van der Waals surface area contributed by atoms with Crippen molar-refractivity contribution in [1.29, 1.82) is 0 Å². The summed E-state index contributed by atoms with van der Waals surface area (Å²) in [4.78, 5) is 8.38. The van der Waals surface area contributed by atoms with Crippen LogP contribution in [0.15, 0.2) is 30.0 Å². The van der Waals surface area contributed by atoms with Crippen molar-refractivity contribution in [1.82, 2.24) is 9.97 Å². The van der Waals surface area contributed by atoms with E-state index in [0.717, 1.165) is 10.7 Å². The zero-order valence-corrected chi connectivity index (χ0v) is 9.58. The number of nitrogens with one attached hydrogen (secondary N) is 1. The topological polar surface area (TPSA) is 37.8 Å². The Hall–Kier alpha value is -1.42. The minimum absolute atomic E-state index is 0.230. The molecule has 0 unspecified atom stereocenters. The monoisotopic (exact) mass is 219 g/mol. The Kier molecular flexibility index (Phi) is 2.97. The van der Waals surface area contributed by atoms with Gasteiger partial charge in [0.2, 0.25) is 0 Å². The highest BCUT2D eigenvalue weighted by Crippen LogP contribution is 2.22. The molecular formula is C11H13N3S. The number of aryl methyl sites for hydroxylation is 1. The molecule has 0 saturated carbocycles. The van der Waals surface area contributed by atoms with Crippen LogP contribution in [0.1, 0.15) is 23.5 Å². The number of hydrogen-bond donors (Lipinski definition) is 1. The number of nitrogens with zero attached hydrogens (tertiary/aromatic N) is 2. The van der Waals surface area contributed by atoms with Gasteiger partial charge < -0.3 is 5.32 Å². The number of thiazole rings is 1. The Bertz CT molecular complexity index is 425. The van der Waals surface area contributed by atoms with Crippen LogP contribution in [0.3, 0.4) is 0 Å². The molecule has 2 aromatic rings. The summed E-state index contributed by atoms with van der Waals surface area (Å²) in [7, 11) is 0. The molecule has 78 valence electrons. The van der Waals surface area contributed by atoms with E-state index in [9.17, 15) is 0 Å². The zero-order chi connectivity index (χ0) is 10.7. The van der Waals surface area contributed by atoms with Gasteiger partial charge in [-0.05, 0) is 25.5 Å². The van der Waals surface area contributed by atoms with E-state index in [0.29, 0.717) is 0 Å². The maximum Gasteiger partial charge on any atom is 0.115 e. The quantitative estimate of drug-likeness (QED) is 0.862. The third kappa shape index (κ3) is 2.33. The molecular weight excluding hydrogens is 206 g/mol. The number of anilines is 1. The van der Waals surface area contributed by atoms with Gasteiger partial charge in [-0.2, -0.15) is 0 Å². The summed E-state index contributed by atoms with van der Waals surface area (Å²) in [5.74, 6) is 0. The van der Waals surface area contributed by atoms with Crippen molar-refractivity contribution in [2.24, 2.45) is 0 Å². The lowest BCUT2D eigenvalue weighted by atomic mass is 10.2. The highest BCUT2D eigenvalue weighted by Gasteiger charge is 2.08. The molecule has 0 saturated heterocycles. The van der Waals surface area contributed by atoms with Gasteiger partial charge in [-0.25, -0.2) is 4.98 Å². The van der Waals surface area contributed by atoms with E-state index in [2.05, 4.69) is 29.1 Å². The molecule has 0 amide bonds. The van der Waals surface area contributed by atoms with Crippen molar-refractivity contribution in [3.8, 4) is 0 Å². The van der Waals surface area contributed by atoms with Crippen molar-refractivity contribution in [3.05, 3.63) is 40.6 Å². The van der Waals surface area contributed by atoms with Crippen LogP contribution < -0.4 is 5.32 Å². The first-order chi connectivity index (χ1) is 7.27. The predicted molar refractivity (Wildman–Crippen MR) is 63.1 cm³/mol. The molecule has 0 aliphatic carbocycles. The van der Waals surface area contributed by atoms with E-state index in [4.69, 9.17) is 0 Å². The SMILES string of the molecule is Cc1ccncc1N[C@H](C)c1nccs1. The Labute approximate surface area is 93.2 Å². The maximum atomic E-state index is 4.28. The van der Waals surface area contributed by atoms with Gasteiger partial charge in [0.05, 0.1) is 17.9 Å². The van der Waals surface area contributed by atoms with Crippen LogP contribution in [-0.2, 0) is 0 Å². The number of hydrogen-bond acceptors (Lipinski definition) is 4. The lowest BCUT2D eigenvalue weighted by Gasteiger charge is -2.13. The summed E-state index contributed by atoms with van der Waals surface area (Å²) in [5, 5.41) is 6.48. The summed E-state index contributed by atoms with van der Waals surface area (Å²) < 4.78 is 0. The molecule has 2 rings (SSSR count). The molecule has 1 N–H and O–H groups in total. The maximum absolute atomic E-state index is 4.28. The van der Waals surface area contributed by atoms with Crippen LogP contribution in [0.2, 0.25) is 0 Å². The molecule has 4 heteroatoms. The lowest BCUT2D eigenvalue weighted by molar-refractivity contribution is 0.866. The van der Waals surface area contributed by atoms with Crippen LogP contribution in [0.4, 0.5) is 5.69 Å². The highest BCUT2D eigenvalue weighted by atomic mass is 32.1. The second-order valence-electron chi connectivity index (χ2n) is 3.43. The van der Waals surface area contributed by atoms with Crippen molar-refractivity contribution >= 4 is 17.0 Å². The van der Waals surface area contributed by atoms with E-state index in [1.165, 1.54) is 5.56 Å². The molecule has 3 nitrogen and oxygen atoms in total.